The van der Waals surface area contributed by atoms with Crippen LogP contribution in [0, 0.1) is 40.4 Å². The molecule has 0 bridgehead atoms. The van der Waals surface area contributed by atoms with Gasteiger partial charge in [-0.15, -0.1) is 0 Å². The van der Waals surface area contributed by atoms with Crippen LogP contribution >= 0.6 is 0 Å². The minimum atomic E-state index is -0.0326. The molecule has 5 rings (SSSR count). The molecule has 2 nitrogen and oxygen atoms in total. The third-order valence-corrected chi connectivity index (χ3v) is 9.64. The van der Waals surface area contributed by atoms with Crippen molar-refractivity contribution in [1.82, 2.24) is 0 Å². The van der Waals surface area contributed by atoms with E-state index >= 15 is 0 Å². The molecule has 4 fully saturated rings. The normalized spacial score (nSPS) is 59.2. The van der Waals surface area contributed by atoms with Gasteiger partial charge in [-0.25, -0.2) is 0 Å². The van der Waals surface area contributed by atoms with Crippen molar-refractivity contribution in [1.29, 1.82) is 0 Å². The third kappa shape index (κ3) is 1.95. The highest BCUT2D eigenvalue weighted by atomic mass is 16.3. The Balaban J connectivity index is 1.45. The number of aliphatic imine (C=N–C) groups is 1. The zero-order valence-electron chi connectivity index (χ0n) is 15.8. The van der Waals surface area contributed by atoms with E-state index < -0.39 is 0 Å². The lowest BCUT2D eigenvalue weighted by Crippen LogP contribution is -2.55. The maximum absolute atomic E-state index is 10.6. The van der Waals surface area contributed by atoms with E-state index in [0.717, 1.165) is 36.0 Å². The van der Waals surface area contributed by atoms with Crippen LogP contribution in [0.5, 0.6) is 0 Å². The van der Waals surface area contributed by atoms with Crippen LogP contribution < -0.4 is 0 Å². The van der Waals surface area contributed by atoms with Crippen molar-refractivity contribution in [2.75, 3.05) is 0 Å². The maximum atomic E-state index is 10.6. The second-order valence-corrected chi connectivity index (χ2v) is 10.6. The van der Waals surface area contributed by atoms with Crippen molar-refractivity contribution in [2.24, 2.45) is 45.4 Å². The highest BCUT2D eigenvalue weighted by Gasteiger charge is 2.60. The summed E-state index contributed by atoms with van der Waals surface area (Å²) in [6, 6.07) is 0.573. The van der Waals surface area contributed by atoms with Crippen molar-refractivity contribution in [3.8, 4) is 0 Å². The summed E-state index contributed by atoms with van der Waals surface area (Å²) in [5.74, 6) is 4.27. The van der Waals surface area contributed by atoms with Gasteiger partial charge >= 0.3 is 0 Å². The van der Waals surface area contributed by atoms with Gasteiger partial charge in [0.2, 0.25) is 0 Å². The number of aliphatic hydroxyl groups excluding tert-OH is 1. The van der Waals surface area contributed by atoms with Crippen molar-refractivity contribution >= 4 is 5.71 Å². The van der Waals surface area contributed by atoms with E-state index in [1.54, 1.807) is 5.71 Å². The van der Waals surface area contributed by atoms with Gasteiger partial charge in [-0.3, -0.25) is 4.99 Å². The zero-order chi connectivity index (χ0) is 16.7. The summed E-state index contributed by atoms with van der Waals surface area (Å²) < 4.78 is 0. The van der Waals surface area contributed by atoms with E-state index in [-0.39, 0.29) is 11.5 Å². The Hall–Kier alpha value is -0.370. The third-order valence-electron chi connectivity index (χ3n) is 9.64. The largest absolute Gasteiger partial charge is 0.393 e. The summed E-state index contributed by atoms with van der Waals surface area (Å²) >= 11 is 0. The van der Waals surface area contributed by atoms with Gasteiger partial charge in [-0.05, 0) is 105 Å². The number of hydrogen-bond donors (Lipinski definition) is 1. The molecule has 134 valence electrons. The summed E-state index contributed by atoms with van der Waals surface area (Å²) in [6.45, 7) is 7.37. The Kier molecular flexibility index (Phi) is 3.36. The van der Waals surface area contributed by atoms with E-state index in [1.165, 1.54) is 51.4 Å². The Morgan fingerprint density at radius 2 is 1.79 bits per heavy atom. The van der Waals surface area contributed by atoms with Crippen LogP contribution in [0.2, 0.25) is 0 Å². The Labute approximate surface area is 147 Å². The fourth-order valence-electron chi connectivity index (χ4n) is 8.35. The first-order chi connectivity index (χ1) is 11.4. The van der Waals surface area contributed by atoms with E-state index in [4.69, 9.17) is 4.99 Å². The van der Waals surface area contributed by atoms with Crippen molar-refractivity contribution in [3.05, 3.63) is 0 Å². The van der Waals surface area contributed by atoms with Gasteiger partial charge in [0, 0.05) is 11.8 Å². The van der Waals surface area contributed by atoms with Crippen LogP contribution in [-0.2, 0) is 0 Å². The topological polar surface area (TPSA) is 32.6 Å². The summed E-state index contributed by atoms with van der Waals surface area (Å²) in [5, 5.41) is 10.6. The fourth-order valence-corrected chi connectivity index (χ4v) is 8.35. The molecule has 1 unspecified atom stereocenters. The van der Waals surface area contributed by atoms with Crippen LogP contribution in [0.1, 0.15) is 78.6 Å². The number of aliphatic hydroxyl groups is 1. The molecule has 2 heteroatoms. The molecular formula is C22H35NO. The number of hydrogen-bond acceptors (Lipinski definition) is 2. The van der Waals surface area contributed by atoms with Gasteiger partial charge in [-0.1, -0.05) is 13.8 Å². The number of nitrogens with zero attached hydrogens (tertiary/aromatic N) is 1. The van der Waals surface area contributed by atoms with E-state index in [9.17, 15) is 5.11 Å². The molecule has 9 atom stereocenters. The van der Waals surface area contributed by atoms with E-state index in [0.29, 0.717) is 11.5 Å². The van der Waals surface area contributed by atoms with Gasteiger partial charge in [0.25, 0.3) is 0 Å². The standard InChI is InChI=1S/C22H35NO/c1-13-10-14-12-22(3)15(11-19(14)23-13)4-5-16-17-6-7-20(24)21(17,2)9-8-18(16)22/h13-18,20,24H,4-12H2,1-3H3/t13?,14-,15+,16+,17+,18+,20+,21+,22+/m1/s1. The lowest BCUT2D eigenvalue weighted by Gasteiger charge is -2.61. The second kappa shape index (κ2) is 5.09. The summed E-state index contributed by atoms with van der Waals surface area (Å²) in [4.78, 5) is 4.99. The molecule has 4 saturated carbocycles. The average Bonchev–Trinajstić information content (AvgIpc) is 3.03. The van der Waals surface area contributed by atoms with Gasteiger partial charge in [0.05, 0.1) is 6.10 Å². The first-order valence-electron chi connectivity index (χ1n) is 10.7. The molecule has 0 saturated heterocycles. The molecule has 4 aliphatic carbocycles. The molecule has 24 heavy (non-hydrogen) atoms. The molecule has 0 radical (unpaired) electrons. The predicted octanol–water partition coefficient (Wildman–Crippen LogP) is 4.85. The van der Waals surface area contributed by atoms with Crippen molar-refractivity contribution in [2.45, 2.75) is 90.7 Å². The zero-order valence-corrected chi connectivity index (χ0v) is 15.8. The first kappa shape index (κ1) is 15.9. The smallest absolute Gasteiger partial charge is 0.0596 e. The van der Waals surface area contributed by atoms with Gasteiger partial charge in [0.1, 0.15) is 0 Å². The molecule has 1 heterocycles. The van der Waals surface area contributed by atoms with Crippen LogP contribution in [0.25, 0.3) is 0 Å². The summed E-state index contributed by atoms with van der Waals surface area (Å²) in [6.07, 6.45) is 11.8. The van der Waals surface area contributed by atoms with Crippen LogP contribution in [0.3, 0.4) is 0 Å². The lowest BCUT2D eigenvalue weighted by atomic mass is 9.44. The Bertz CT molecular complexity index is 570. The Morgan fingerprint density at radius 1 is 1.00 bits per heavy atom. The fraction of sp³-hybridized carbons (Fsp3) is 0.955. The molecule has 0 aromatic carbocycles. The quantitative estimate of drug-likeness (QED) is 0.677. The molecule has 1 aliphatic heterocycles. The van der Waals surface area contributed by atoms with Crippen molar-refractivity contribution < 1.29 is 5.11 Å². The van der Waals surface area contributed by atoms with Crippen LogP contribution in [0.15, 0.2) is 4.99 Å². The van der Waals surface area contributed by atoms with Gasteiger partial charge in [-0.2, -0.15) is 0 Å². The molecule has 0 spiro atoms. The Morgan fingerprint density at radius 3 is 2.62 bits per heavy atom. The molecular weight excluding hydrogens is 294 g/mol. The molecule has 1 N–H and O–H groups in total. The monoisotopic (exact) mass is 329 g/mol. The molecule has 0 aromatic rings. The molecule has 0 aromatic heterocycles. The average molecular weight is 330 g/mol. The SMILES string of the molecule is CC1C[C@@H]2C[C@@]3(C)[C@@H](CC[C@@H]4[C@@H]3CC[C@]3(C)[C@@H](O)CC[C@@H]43)CC2=N1. The minimum absolute atomic E-state index is 0.0326. The van der Waals surface area contributed by atoms with E-state index in [2.05, 4.69) is 20.8 Å². The molecule has 5 aliphatic rings. The summed E-state index contributed by atoms with van der Waals surface area (Å²) in [7, 11) is 0. The first-order valence-corrected chi connectivity index (χ1v) is 10.7. The number of rotatable bonds is 0. The lowest BCUT2D eigenvalue weighted by molar-refractivity contribution is -0.116. The highest BCUT2D eigenvalue weighted by Crippen LogP contribution is 2.66. The molecule has 0 amide bonds. The van der Waals surface area contributed by atoms with Crippen molar-refractivity contribution in [3.63, 3.8) is 0 Å². The van der Waals surface area contributed by atoms with Gasteiger partial charge < -0.3 is 5.11 Å². The van der Waals surface area contributed by atoms with Crippen LogP contribution in [0.4, 0.5) is 0 Å². The summed E-state index contributed by atoms with van der Waals surface area (Å²) in [5.41, 5.74) is 2.36. The second-order valence-electron chi connectivity index (χ2n) is 10.6. The van der Waals surface area contributed by atoms with Gasteiger partial charge in [0.15, 0.2) is 0 Å². The van der Waals surface area contributed by atoms with Crippen LogP contribution in [-0.4, -0.2) is 23.0 Å². The predicted molar refractivity (Wildman–Crippen MR) is 98.1 cm³/mol. The maximum Gasteiger partial charge on any atom is 0.0596 e. The highest BCUT2D eigenvalue weighted by molar-refractivity contribution is 5.89. The minimum Gasteiger partial charge on any atom is -0.393 e. The number of fused-ring (bicyclic) bond motifs is 6. The van der Waals surface area contributed by atoms with E-state index in [1.807, 2.05) is 0 Å².